The van der Waals surface area contributed by atoms with Crippen LogP contribution in [0.1, 0.15) is 24.3 Å². The SMILES string of the molecule is C[NH+]1CCC(c2c(OP(=O)(O)O)cc(O)c3c(=O)cc(-c4ccccc4Cl)oc23)CC1. The van der Waals surface area contributed by atoms with Crippen molar-refractivity contribution in [2.24, 2.45) is 0 Å². The minimum absolute atomic E-state index is 0.0513. The Kier molecular flexibility index (Phi) is 5.85. The van der Waals surface area contributed by atoms with Crippen LogP contribution in [-0.4, -0.2) is 35.0 Å². The van der Waals surface area contributed by atoms with E-state index in [1.54, 1.807) is 24.3 Å². The highest BCUT2D eigenvalue weighted by molar-refractivity contribution is 7.46. The van der Waals surface area contributed by atoms with E-state index in [0.29, 0.717) is 29.0 Å². The van der Waals surface area contributed by atoms with Crippen molar-refractivity contribution < 1.29 is 33.3 Å². The second-order valence-electron chi connectivity index (χ2n) is 7.78. The van der Waals surface area contributed by atoms with Gasteiger partial charge in [0, 0.05) is 42.0 Å². The van der Waals surface area contributed by atoms with Gasteiger partial charge in [0.15, 0.2) is 5.43 Å². The first kappa shape index (κ1) is 21.9. The third-order valence-electron chi connectivity index (χ3n) is 5.59. The van der Waals surface area contributed by atoms with E-state index in [4.69, 9.17) is 20.5 Å². The first-order valence-corrected chi connectivity index (χ1v) is 11.7. The number of aromatic hydroxyl groups is 1. The average molecular weight is 467 g/mol. The number of halogens is 1. The van der Waals surface area contributed by atoms with Crippen molar-refractivity contribution >= 4 is 30.4 Å². The summed E-state index contributed by atoms with van der Waals surface area (Å²) in [6.07, 6.45) is 1.40. The largest absolute Gasteiger partial charge is 0.524 e. The number of rotatable bonds is 4. The fourth-order valence-electron chi connectivity index (χ4n) is 4.10. The third kappa shape index (κ3) is 4.49. The Balaban J connectivity index is 2.02. The maximum absolute atomic E-state index is 12.9. The van der Waals surface area contributed by atoms with Gasteiger partial charge >= 0.3 is 7.82 Å². The normalized spacial score (nSPS) is 19.5. The van der Waals surface area contributed by atoms with Gasteiger partial charge in [-0.15, -0.1) is 0 Å². The molecule has 8 nitrogen and oxygen atoms in total. The lowest BCUT2D eigenvalue weighted by atomic mass is 9.87. The van der Waals surface area contributed by atoms with Crippen molar-refractivity contribution in [3.05, 3.63) is 57.2 Å². The summed E-state index contributed by atoms with van der Waals surface area (Å²) in [7, 11) is -2.86. The van der Waals surface area contributed by atoms with Crippen LogP contribution in [0.5, 0.6) is 11.5 Å². The molecule has 0 saturated carbocycles. The van der Waals surface area contributed by atoms with E-state index in [1.165, 1.54) is 11.0 Å². The summed E-state index contributed by atoms with van der Waals surface area (Å²) >= 11 is 6.27. The summed E-state index contributed by atoms with van der Waals surface area (Å²) < 4.78 is 22.6. The van der Waals surface area contributed by atoms with Gasteiger partial charge < -0.3 is 18.9 Å². The van der Waals surface area contributed by atoms with Gasteiger partial charge in [0.1, 0.15) is 28.2 Å². The van der Waals surface area contributed by atoms with Crippen LogP contribution in [0.4, 0.5) is 0 Å². The summed E-state index contributed by atoms with van der Waals surface area (Å²) in [6, 6.07) is 9.17. The molecular formula is C21H22ClNO7P+. The lowest BCUT2D eigenvalue weighted by Crippen LogP contribution is -3.10. The summed E-state index contributed by atoms with van der Waals surface area (Å²) in [5.74, 6) is -0.642. The number of hydrogen-bond donors (Lipinski definition) is 4. The van der Waals surface area contributed by atoms with E-state index in [1.807, 2.05) is 0 Å². The Morgan fingerprint density at radius 3 is 2.52 bits per heavy atom. The molecule has 1 saturated heterocycles. The van der Waals surface area contributed by atoms with Crippen LogP contribution >= 0.6 is 19.4 Å². The monoisotopic (exact) mass is 466 g/mol. The zero-order chi connectivity index (χ0) is 22.3. The number of phenolic OH excluding ortho intramolecular Hbond substituents is 1. The predicted octanol–water partition coefficient (Wildman–Crippen LogP) is 2.68. The first-order valence-electron chi connectivity index (χ1n) is 9.79. The summed E-state index contributed by atoms with van der Waals surface area (Å²) in [5.41, 5.74) is 0.420. The van der Waals surface area contributed by atoms with Gasteiger partial charge in [-0.3, -0.25) is 14.6 Å². The molecule has 0 radical (unpaired) electrons. The predicted molar refractivity (Wildman–Crippen MR) is 116 cm³/mol. The number of benzene rings is 2. The number of phosphoric acid groups is 1. The van der Waals surface area contributed by atoms with Crippen molar-refractivity contribution in [2.45, 2.75) is 18.8 Å². The summed E-state index contributed by atoms with van der Waals surface area (Å²) in [6.45, 7) is 1.66. The molecule has 0 atom stereocenters. The Labute approximate surface area is 182 Å². The number of piperidine rings is 1. The van der Waals surface area contributed by atoms with Gasteiger partial charge in [0.2, 0.25) is 0 Å². The molecule has 2 heterocycles. The van der Waals surface area contributed by atoms with E-state index in [9.17, 15) is 24.3 Å². The molecular weight excluding hydrogens is 445 g/mol. The minimum atomic E-state index is -4.92. The number of quaternary nitrogens is 1. The van der Waals surface area contributed by atoms with Crippen molar-refractivity contribution in [2.75, 3.05) is 20.1 Å². The highest BCUT2D eigenvalue weighted by atomic mass is 35.5. The number of hydrogen-bond acceptors (Lipinski definition) is 5. The fraction of sp³-hybridized carbons (Fsp3) is 0.286. The van der Waals surface area contributed by atoms with Gasteiger partial charge in [-0.05, 0) is 12.1 Å². The number of phenols is 1. The number of fused-ring (bicyclic) bond motifs is 1. The summed E-state index contributed by atoms with van der Waals surface area (Å²) in [4.78, 5) is 33.1. The van der Waals surface area contributed by atoms with Crippen LogP contribution in [0.2, 0.25) is 5.02 Å². The quantitative estimate of drug-likeness (QED) is 0.436. The topological polar surface area (TPSA) is 122 Å². The number of likely N-dealkylation sites (tertiary alicyclic amines) is 1. The molecule has 1 aromatic heterocycles. The molecule has 1 aliphatic rings. The first-order chi connectivity index (χ1) is 14.6. The van der Waals surface area contributed by atoms with E-state index >= 15 is 0 Å². The molecule has 31 heavy (non-hydrogen) atoms. The van der Waals surface area contributed by atoms with Crippen LogP contribution in [0.25, 0.3) is 22.3 Å². The maximum Gasteiger partial charge on any atom is 0.524 e. The molecule has 0 aliphatic carbocycles. The van der Waals surface area contributed by atoms with Gasteiger partial charge in [-0.25, -0.2) is 4.57 Å². The molecule has 1 fully saturated rings. The van der Waals surface area contributed by atoms with Gasteiger partial charge in [0.05, 0.1) is 25.2 Å². The molecule has 3 aromatic rings. The van der Waals surface area contributed by atoms with E-state index in [0.717, 1.165) is 19.2 Å². The third-order valence-corrected chi connectivity index (χ3v) is 6.35. The zero-order valence-electron chi connectivity index (χ0n) is 16.7. The van der Waals surface area contributed by atoms with Crippen LogP contribution in [0.15, 0.2) is 45.6 Å². The molecule has 2 aromatic carbocycles. The van der Waals surface area contributed by atoms with Gasteiger partial charge in [-0.1, -0.05) is 23.7 Å². The Hall–Kier alpha value is -2.35. The molecule has 4 rings (SSSR count). The highest BCUT2D eigenvalue weighted by Gasteiger charge is 2.31. The number of phosphoric ester groups is 1. The van der Waals surface area contributed by atoms with Gasteiger partial charge in [0.25, 0.3) is 0 Å². The van der Waals surface area contributed by atoms with Gasteiger partial charge in [-0.2, -0.15) is 0 Å². The lowest BCUT2D eigenvalue weighted by Gasteiger charge is -2.28. The van der Waals surface area contributed by atoms with E-state index in [2.05, 4.69) is 7.05 Å². The van der Waals surface area contributed by atoms with Crippen LogP contribution in [0.3, 0.4) is 0 Å². The van der Waals surface area contributed by atoms with E-state index < -0.39 is 19.0 Å². The fourth-order valence-corrected chi connectivity index (χ4v) is 4.73. The molecule has 1 aliphatic heterocycles. The second kappa shape index (κ2) is 8.30. The smallest absolute Gasteiger partial charge is 0.507 e. The van der Waals surface area contributed by atoms with Crippen molar-refractivity contribution in [3.63, 3.8) is 0 Å². The lowest BCUT2D eigenvalue weighted by molar-refractivity contribution is -0.885. The van der Waals surface area contributed by atoms with Crippen molar-refractivity contribution in [1.29, 1.82) is 0 Å². The summed E-state index contributed by atoms with van der Waals surface area (Å²) in [5, 5.41) is 10.8. The van der Waals surface area contributed by atoms with Crippen molar-refractivity contribution in [1.82, 2.24) is 0 Å². The maximum atomic E-state index is 12.9. The second-order valence-corrected chi connectivity index (χ2v) is 9.35. The zero-order valence-corrected chi connectivity index (χ0v) is 18.3. The average Bonchev–Trinajstić information content (AvgIpc) is 2.68. The van der Waals surface area contributed by atoms with Crippen molar-refractivity contribution in [3.8, 4) is 22.8 Å². The molecule has 0 unspecified atom stereocenters. The number of nitrogens with one attached hydrogen (secondary N) is 1. The molecule has 0 bridgehead atoms. The molecule has 164 valence electrons. The Bertz CT molecular complexity index is 1240. The van der Waals surface area contributed by atoms with Crippen LogP contribution in [-0.2, 0) is 4.57 Å². The van der Waals surface area contributed by atoms with Crippen LogP contribution < -0.4 is 14.9 Å². The molecule has 0 spiro atoms. The van der Waals surface area contributed by atoms with E-state index in [-0.39, 0.29) is 28.4 Å². The Morgan fingerprint density at radius 2 is 1.87 bits per heavy atom. The Morgan fingerprint density at radius 1 is 1.19 bits per heavy atom. The molecule has 0 amide bonds. The standard InChI is InChI=1S/C21H21ClNO7P/c1-23-8-6-12(7-9-23)19-18(30-31(26,27)28)11-16(25)20-15(24)10-17(29-21(19)20)13-4-2-3-5-14(13)22/h2-5,10-12,25H,6-9H2,1H3,(H2,26,27,28)/p+1. The molecule has 10 heteroatoms. The van der Waals surface area contributed by atoms with Crippen LogP contribution in [0, 0.1) is 0 Å². The highest BCUT2D eigenvalue weighted by Crippen LogP contribution is 2.47. The minimum Gasteiger partial charge on any atom is -0.507 e. The molecule has 4 N–H and O–H groups in total.